The number of rotatable bonds is 11. The van der Waals surface area contributed by atoms with E-state index >= 15 is 0 Å². The van der Waals surface area contributed by atoms with E-state index < -0.39 is 49.0 Å². The summed E-state index contributed by atoms with van der Waals surface area (Å²) in [5.74, 6) is 0. The third-order valence-electron chi connectivity index (χ3n) is 21.6. The van der Waals surface area contributed by atoms with Crippen LogP contribution in [0.15, 0.2) is 367 Å². The maximum absolute atomic E-state index is 12.6. The van der Waals surface area contributed by atoms with Crippen LogP contribution in [0.1, 0.15) is 20.8 Å². The van der Waals surface area contributed by atoms with Gasteiger partial charge in [0.15, 0.2) is 9.84 Å². The third kappa shape index (κ3) is 21.4. The van der Waals surface area contributed by atoms with Crippen molar-refractivity contribution >= 4 is 100 Å². The van der Waals surface area contributed by atoms with Crippen LogP contribution in [0.3, 0.4) is 0 Å². The smallest absolute Gasteiger partial charge is 0.173 e. The van der Waals surface area contributed by atoms with Crippen molar-refractivity contribution in [2.24, 2.45) is 0 Å². The Labute approximate surface area is 785 Å². The maximum Gasteiger partial charge on any atom is 0.173 e. The zero-order valence-corrected chi connectivity index (χ0v) is 83.3. The molecule has 9 nitrogen and oxygen atoms in total. The Morgan fingerprint density at radius 3 is 1.14 bits per heavy atom. The van der Waals surface area contributed by atoms with E-state index in [1.807, 2.05) is 166 Å². The van der Waals surface area contributed by atoms with Crippen LogP contribution in [0.25, 0.3) is 112 Å². The standard InChI is InChI=1S/C32H28NSi2.C20H18NO2SSi.C20H18NOSi.3C12H10N.3Ir/c1-34(2,3)27-19-20-30(33-23-27)24-18-21-32-29(22-24)28-16-10-11-17-31(28)35(32,25-12-6-4-7-13-25)26-14-8-5-9-15-26;1-25(2,3)15-9-10-18(21-13-15)14-8-11-20-17(12-14)16-6-4-5-7-19(16)24(20,22)23;1-23(2,3)15-9-10-18(21-13-15)14-8-11-20-17(12-14)16-6-4-5-7-19(16)22-20;3*1-10-7-8-12(13-9-10)11-5-3-2-4-6-11;;;/h4-17,19-23H,1-3H3;4-7,9-13H,1-3H3;4-7,9-13H,1-3H3;3*2-5,7-9H,1H3;;;/q6*-1;;;/i;;;1D3;;;;;. The van der Waals surface area contributed by atoms with E-state index in [9.17, 15) is 8.42 Å². The second-order valence-electron chi connectivity index (χ2n) is 33.3. The van der Waals surface area contributed by atoms with Crippen LogP contribution in [0.5, 0.6) is 0 Å². The van der Waals surface area contributed by atoms with Crippen molar-refractivity contribution in [2.45, 2.75) is 89.4 Å². The minimum Gasteiger partial charge on any atom is -0.500 e. The first-order valence-electron chi connectivity index (χ1n) is 42.2. The quantitative estimate of drug-likeness (QED) is 0.0919. The molecule has 0 fully saturated rings. The van der Waals surface area contributed by atoms with Crippen molar-refractivity contribution in [3.8, 4) is 89.8 Å². The molecule has 0 saturated carbocycles. The van der Waals surface area contributed by atoms with Gasteiger partial charge in [-0.3, -0.25) is 0 Å². The number of furan rings is 1. The Bertz CT molecular complexity index is 6760. The summed E-state index contributed by atoms with van der Waals surface area (Å²) < 4.78 is 52.9. The molecular weight excluding hydrogens is 2150 g/mol. The number of aromatic nitrogens is 6. The number of pyridine rings is 6. The van der Waals surface area contributed by atoms with Crippen molar-refractivity contribution in [2.75, 3.05) is 0 Å². The number of aryl methyl sites for hydroxylation is 3. The Hall–Kier alpha value is -11.1. The van der Waals surface area contributed by atoms with E-state index in [4.69, 9.17) is 13.5 Å². The molecule has 7 aromatic heterocycles. The average molecular weight is 2250 g/mol. The maximum atomic E-state index is 12.6. The molecule has 0 saturated heterocycles. The normalized spacial score (nSPS) is 12.6. The van der Waals surface area contributed by atoms with Crippen LogP contribution in [-0.2, 0) is 70.2 Å². The Kier molecular flexibility index (Phi) is 29.0. The summed E-state index contributed by atoms with van der Waals surface area (Å²) in [6, 6.07) is 125. The van der Waals surface area contributed by atoms with Crippen LogP contribution in [0.2, 0.25) is 58.9 Å². The van der Waals surface area contributed by atoms with Gasteiger partial charge in [-0.15, -0.1) is 184 Å². The minimum absolute atomic E-state index is 0. The fourth-order valence-corrected chi connectivity index (χ4v) is 24.8. The number of sulfone groups is 1. The number of benzene rings is 11. The van der Waals surface area contributed by atoms with E-state index in [-0.39, 0.29) is 65.9 Å². The second-order valence-corrected chi connectivity index (χ2v) is 54.1. The molecule has 0 unspecified atom stereocenters. The molecule has 629 valence electrons. The molecule has 0 amide bonds. The monoisotopic (exact) mass is 2250 g/mol. The van der Waals surface area contributed by atoms with E-state index in [0.717, 1.165) is 101 Å². The van der Waals surface area contributed by atoms with Crippen LogP contribution in [0, 0.1) is 57.1 Å². The van der Waals surface area contributed by atoms with Gasteiger partial charge in [0.2, 0.25) is 0 Å². The van der Waals surface area contributed by atoms with Crippen LogP contribution >= 0.6 is 0 Å². The molecule has 0 atom stereocenters. The van der Waals surface area contributed by atoms with Crippen molar-refractivity contribution in [1.82, 2.24) is 29.9 Å². The molecule has 11 aromatic carbocycles. The van der Waals surface area contributed by atoms with Crippen LogP contribution in [-0.4, -0.2) is 70.6 Å². The zero-order chi connectivity index (χ0) is 87.7. The van der Waals surface area contributed by atoms with Gasteiger partial charge < -0.3 is 34.3 Å². The summed E-state index contributed by atoms with van der Waals surface area (Å²) in [7, 11) is -9.95. The van der Waals surface area contributed by atoms with Crippen LogP contribution in [0.4, 0.5) is 0 Å². The van der Waals surface area contributed by atoms with Gasteiger partial charge in [0.25, 0.3) is 0 Å². The number of para-hydroxylation sites is 1. The molecular formula is C108H94Ir3N6O3SSi4-6. The fourth-order valence-electron chi connectivity index (χ4n) is 14.9. The summed E-state index contributed by atoms with van der Waals surface area (Å²) in [4.78, 5) is 27.6. The van der Waals surface area contributed by atoms with E-state index in [1.165, 1.54) is 64.8 Å². The number of fused-ring (bicyclic) bond motifs is 9. The van der Waals surface area contributed by atoms with Gasteiger partial charge >= 0.3 is 0 Å². The van der Waals surface area contributed by atoms with Gasteiger partial charge in [0, 0.05) is 107 Å². The molecule has 0 aliphatic carbocycles. The molecule has 0 N–H and O–H groups in total. The van der Waals surface area contributed by atoms with Gasteiger partial charge in [-0.2, -0.15) is 0 Å². The minimum atomic E-state index is -3.44. The molecule has 18 aromatic rings. The van der Waals surface area contributed by atoms with Crippen molar-refractivity contribution in [3.63, 3.8) is 0 Å². The van der Waals surface area contributed by atoms with Crippen molar-refractivity contribution < 1.29 is 77.3 Å². The molecule has 2 aliphatic heterocycles. The van der Waals surface area contributed by atoms with Crippen LogP contribution < -0.4 is 36.3 Å². The van der Waals surface area contributed by atoms with E-state index in [0.29, 0.717) is 9.79 Å². The van der Waals surface area contributed by atoms with Gasteiger partial charge in [0.1, 0.15) is 13.7 Å². The molecule has 0 spiro atoms. The predicted octanol–water partition coefficient (Wildman–Crippen LogP) is 21.9. The molecule has 125 heavy (non-hydrogen) atoms. The molecule has 3 radical (unpaired) electrons. The van der Waals surface area contributed by atoms with E-state index in [2.05, 4.69) is 278 Å². The topological polar surface area (TPSA) is 125 Å². The number of hydrogen-bond acceptors (Lipinski definition) is 9. The fraction of sp³-hybridized carbons (Fsp3) is 0.111. The molecule has 0 bridgehead atoms. The SMILES string of the molecule is C[Si](C)(C)c1ccc(-c2[c-]cc3c(c2)-c2ccccc2S3(=O)=O)nc1.C[Si](C)(C)c1ccc(-c2[c-]cc3c(c2)-c2ccccc2[Si]3(c2ccccc2)c2ccccc2)nc1.C[Si](C)(C)c1ccc(-c2[c-]cc3oc4ccccc4c3c2)nc1.Cc1ccc(-c2[c-]cccc2)nc1.Cc1ccc(-c2[c-]cccc2)nc1.[2H]C([2H])([2H])c1ccc(-c2[c-]cccc2)nc1.[Ir].[Ir].[Ir]. The summed E-state index contributed by atoms with van der Waals surface area (Å²) in [5.41, 5.74) is 19.8. The molecule has 2 aliphatic rings. The first-order chi connectivity index (χ1) is 60.1. The summed E-state index contributed by atoms with van der Waals surface area (Å²) in [6.07, 6.45) is 11.2. The van der Waals surface area contributed by atoms with Gasteiger partial charge in [0.05, 0.1) is 34.7 Å². The predicted molar refractivity (Wildman–Crippen MR) is 515 cm³/mol. The zero-order valence-electron chi connectivity index (χ0n) is 74.3. The second kappa shape index (κ2) is 40.9. The van der Waals surface area contributed by atoms with Crippen molar-refractivity contribution in [3.05, 3.63) is 406 Å². The summed E-state index contributed by atoms with van der Waals surface area (Å²) in [5, 5.41) is 12.0. The molecule has 9 heterocycles. The van der Waals surface area contributed by atoms with Gasteiger partial charge in [-0.25, -0.2) is 8.42 Å². The first-order valence-corrected chi connectivity index (χ1v) is 54.7. The third-order valence-corrected chi connectivity index (χ3v) is 34.4. The molecule has 20 rings (SSSR count). The number of hydrogen-bond donors (Lipinski definition) is 0. The average Bonchev–Trinajstić information content (AvgIpc) is 1.61. The van der Waals surface area contributed by atoms with Crippen molar-refractivity contribution in [1.29, 1.82) is 0 Å². The first kappa shape index (κ1) is 88.7. The van der Waals surface area contributed by atoms with Gasteiger partial charge in [-0.1, -0.05) is 280 Å². The molecule has 17 heteroatoms. The largest absolute Gasteiger partial charge is 0.500 e. The summed E-state index contributed by atoms with van der Waals surface area (Å²) >= 11 is 0. The summed E-state index contributed by atoms with van der Waals surface area (Å²) in [6.45, 7) is 22.9. The Balaban J connectivity index is 0.000000144. The Morgan fingerprint density at radius 2 is 0.696 bits per heavy atom. The Morgan fingerprint density at radius 1 is 0.312 bits per heavy atom. The van der Waals surface area contributed by atoms with Gasteiger partial charge in [-0.05, 0) is 120 Å². The number of nitrogens with zero attached hydrogens (tertiary/aromatic N) is 6. The van der Waals surface area contributed by atoms with E-state index in [1.54, 1.807) is 36.4 Å².